The van der Waals surface area contributed by atoms with Gasteiger partial charge in [0.15, 0.2) is 5.84 Å². The molecule has 64 valence electrons. The Hall–Kier alpha value is -1.16. The first-order chi connectivity index (χ1) is 5.77. The average molecular weight is 182 g/mol. The summed E-state index contributed by atoms with van der Waals surface area (Å²) < 4.78 is 0. The molecule has 0 fully saturated rings. The van der Waals surface area contributed by atoms with Gasteiger partial charge in [0.25, 0.3) is 0 Å². The van der Waals surface area contributed by atoms with E-state index >= 15 is 0 Å². The second-order valence-electron chi connectivity index (χ2n) is 2.34. The smallest absolute Gasteiger partial charge is 0.170 e. The number of thiol groups is 1. The number of oxime groups is 1. The monoisotopic (exact) mass is 182 g/mol. The number of benzene rings is 1. The summed E-state index contributed by atoms with van der Waals surface area (Å²) in [7, 11) is 0. The van der Waals surface area contributed by atoms with E-state index in [9.17, 15) is 0 Å². The molecule has 0 heterocycles. The van der Waals surface area contributed by atoms with Crippen LogP contribution in [0.2, 0.25) is 0 Å². The van der Waals surface area contributed by atoms with Crippen LogP contribution in [0.3, 0.4) is 0 Å². The van der Waals surface area contributed by atoms with E-state index in [0.29, 0.717) is 11.3 Å². The van der Waals surface area contributed by atoms with Gasteiger partial charge >= 0.3 is 0 Å². The molecule has 0 saturated carbocycles. The lowest BCUT2D eigenvalue weighted by Crippen LogP contribution is -2.12. The van der Waals surface area contributed by atoms with Crippen LogP contribution >= 0.6 is 12.6 Å². The predicted octanol–water partition coefficient (Wildman–Crippen LogP) is 1.21. The predicted molar refractivity (Wildman–Crippen MR) is 51.6 cm³/mol. The molecule has 0 bridgehead atoms. The second kappa shape index (κ2) is 4.01. The van der Waals surface area contributed by atoms with Gasteiger partial charge in [0.2, 0.25) is 0 Å². The molecule has 0 aliphatic heterocycles. The Labute approximate surface area is 76.3 Å². The highest BCUT2D eigenvalue weighted by Gasteiger charge is 1.98. The summed E-state index contributed by atoms with van der Waals surface area (Å²) >= 11 is 4.11. The standard InChI is InChI=1S/C8H10N2OS/c9-8(10-11)7-3-1-2-6(4-7)5-12/h1-4,11-12H,5H2,(H2,9,10). The van der Waals surface area contributed by atoms with E-state index in [1.807, 2.05) is 18.2 Å². The Bertz CT molecular complexity index is 299. The van der Waals surface area contributed by atoms with E-state index in [-0.39, 0.29) is 5.84 Å². The second-order valence-corrected chi connectivity index (χ2v) is 2.66. The van der Waals surface area contributed by atoms with E-state index in [0.717, 1.165) is 5.56 Å². The summed E-state index contributed by atoms with van der Waals surface area (Å²) in [6.07, 6.45) is 0. The van der Waals surface area contributed by atoms with Gasteiger partial charge in [-0.3, -0.25) is 0 Å². The first kappa shape index (κ1) is 8.93. The molecule has 0 aliphatic carbocycles. The Kier molecular flexibility index (Phi) is 2.99. The van der Waals surface area contributed by atoms with Gasteiger partial charge in [-0.25, -0.2) is 0 Å². The molecule has 12 heavy (non-hydrogen) atoms. The molecule has 3 nitrogen and oxygen atoms in total. The minimum atomic E-state index is 0.124. The van der Waals surface area contributed by atoms with Crippen molar-refractivity contribution in [1.29, 1.82) is 0 Å². The maximum absolute atomic E-state index is 8.40. The van der Waals surface area contributed by atoms with Crippen molar-refractivity contribution < 1.29 is 5.21 Å². The maximum atomic E-state index is 8.40. The Balaban J connectivity index is 3.02. The molecule has 3 N–H and O–H groups in total. The zero-order valence-corrected chi connectivity index (χ0v) is 7.33. The van der Waals surface area contributed by atoms with Gasteiger partial charge in [-0.05, 0) is 11.6 Å². The topological polar surface area (TPSA) is 58.6 Å². The van der Waals surface area contributed by atoms with Crippen molar-refractivity contribution in [2.75, 3.05) is 0 Å². The van der Waals surface area contributed by atoms with Crippen LogP contribution in [0.15, 0.2) is 29.4 Å². The molecule has 0 unspecified atom stereocenters. The number of nitrogens with zero attached hydrogens (tertiary/aromatic N) is 1. The zero-order valence-electron chi connectivity index (χ0n) is 6.44. The molecule has 0 spiro atoms. The van der Waals surface area contributed by atoms with Crippen LogP contribution in [0, 0.1) is 0 Å². The first-order valence-electron chi connectivity index (χ1n) is 3.45. The van der Waals surface area contributed by atoms with Crippen LogP contribution in [0.25, 0.3) is 0 Å². The van der Waals surface area contributed by atoms with Crippen LogP contribution in [-0.4, -0.2) is 11.0 Å². The fourth-order valence-corrected chi connectivity index (χ4v) is 1.08. The third-order valence-corrected chi connectivity index (χ3v) is 1.88. The van der Waals surface area contributed by atoms with Gasteiger partial charge in [-0.1, -0.05) is 23.4 Å². The quantitative estimate of drug-likeness (QED) is 0.212. The average Bonchev–Trinajstić information content (AvgIpc) is 2.17. The van der Waals surface area contributed by atoms with Crippen molar-refractivity contribution in [3.8, 4) is 0 Å². The van der Waals surface area contributed by atoms with E-state index in [4.69, 9.17) is 10.9 Å². The van der Waals surface area contributed by atoms with E-state index in [2.05, 4.69) is 17.8 Å². The van der Waals surface area contributed by atoms with Crippen LogP contribution in [-0.2, 0) is 5.75 Å². The van der Waals surface area contributed by atoms with Crippen LogP contribution in [0.5, 0.6) is 0 Å². The fourth-order valence-electron chi connectivity index (χ4n) is 0.887. The molecule has 1 rings (SSSR count). The van der Waals surface area contributed by atoms with E-state index < -0.39 is 0 Å². The summed E-state index contributed by atoms with van der Waals surface area (Å²) in [5.41, 5.74) is 7.15. The van der Waals surface area contributed by atoms with Gasteiger partial charge < -0.3 is 10.9 Å². The van der Waals surface area contributed by atoms with E-state index in [1.54, 1.807) is 6.07 Å². The van der Waals surface area contributed by atoms with E-state index in [1.165, 1.54) is 0 Å². The largest absolute Gasteiger partial charge is 0.409 e. The summed E-state index contributed by atoms with van der Waals surface area (Å²) in [4.78, 5) is 0. The third kappa shape index (κ3) is 1.92. The lowest BCUT2D eigenvalue weighted by Gasteiger charge is -2.00. The molecular formula is C8H10N2OS. The highest BCUT2D eigenvalue weighted by molar-refractivity contribution is 7.79. The fraction of sp³-hybridized carbons (Fsp3) is 0.125. The Morgan fingerprint density at radius 1 is 1.58 bits per heavy atom. The third-order valence-electron chi connectivity index (χ3n) is 1.51. The van der Waals surface area contributed by atoms with Crippen molar-refractivity contribution in [2.24, 2.45) is 10.9 Å². The molecule has 1 aromatic rings. The van der Waals surface area contributed by atoms with Gasteiger partial charge in [0.1, 0.15) is 0 Å². The van der Waals surface area contributed by atoms with Crippen LogP contribution in [0.1, 0.15) is 11.1 Å². The SMILES string of the molecule is N/C(=N/O)c1cccc(CS)c1. The number of hydrogen-bond donors (Lipinski definition) is 3. The number of rotatable bonds is 2. The minimum Gasteiger partial charge on any atom is -0.409 e. The molecule has 0 atom stereocenters. The maximum Gasteiger partial charge on any atom is 0.170 e. The lowest BCUT2D eigenvalue weighted by atomic mass is 10.1. The van der Waals surface area contributed by atoms with Gasteiger partial charge in [0.05, 0.1) is 0 Å². The molecule has 4 heteroatoms. The Morgan fingerprint density at radius 2 is 2.33 bits per heavy atom. The van der Waals surface area contributed by atoms with Crippen LogP contribution < -0.4 is 5.73 Å². The summed E-state index contributed by atoms with van der Waals surface area (Å²) in [6.45, 7) is 0. The van der Waals surface area contributed by atoms with Crippen molar-refractivity contribution >= 4 is 18.5 Å². The molecule has 0 radical (unpaired) electrons. The molecule has 0 aliphatic rings. The van der Waals surface area contributed by atoms with Crippen molar-refractivity contribution in [3.63, 3.8) is 0 Å². The summed E-state index contributed by atoms with van der Waals surface area (Å²) in [5.74, 6) is 0.769. The normalized spacial score (nSPS) is 11.6. The Morgan fingerprint density at radius 3 is 2.92 bits per heavy atom. The lowest BCUT2D eigenvalue weighted by molar-refractivity contribution is 0.318. The molecule has 1 aromatic carbocycles. The van der Waals surface area contributed by atoms with Crippen molar-refractivity contribution in [2.45, 2.75) is 5.75 Å². The van der Waals surface area contributed by atoms with Crippen molar-refractivity contribution in [1.82, 2.24) is 0 Å². The zero-order chi connectivity index (χ0) is 8.97. The highest BCUT2D eigenvalue weighted by atomic mass is 32.1. The summed E-state index contributed by atoms with van der Waals surface area (Å²) in [6, 6.07) is 7.39. The van der Waals surface area contributed by atoms with Crippen LogP contribution in [0.4, 0.5) is 0 Å². The minimum absolute atomic E-state index is 0.124. The molecule has 0 amide bonds. The molecule has 0 aromatic heterocycles. The molecule has 0 saturated heterocycles. The summed E-state index contributed by atoms with van der Waals surface area (Å²) in [5, 5.41) is 11.3. The van der Waals surface area contributed by atoms with Gasteiger partial charge in [0, 0.05) is 11.3 Å². The number of nitrogens with two attached hydrogens (primary N) is 1. The van der Waals surface area contributed by atoms with Gasteiger partial charge in [-0.15, -0.1) is 0 Å². The molecular weight excluding hydrogens is 172 g/mol. The number of hydrogen-bond acceptors (Lipinski definition) is 3. The van der Waals surface area contributed by atoms with Gasteiger partial charge in [-0.2, -0.15) is 12.6 Å². The highest BCUT2D eigenvalue weighted by Crippen LogP contribution is 2.06. The van der Waals surface area contributed by atoms with Crippen molar-refractivity contribution in [3.05, 3.63) is 35.4 Å². The number of amidine groups is 1. The first-order valence-corrected chi connectivity index (χ1v) is 4.09.